The average molecular weight is 729 g/mol. The Hall–Kier alpha value is -3.60. The van der Waals surface area contributed by atoms with Crippen molar-refractivity contribution >= 4 is 51.7 Å². The molecule has 3 saturated heterocycles. The first-order valence-electron chi connectivity index (χ1n) is 18.0. The molecule has 0 spiro atoms. The van der Waals surface area contributed by atoms with Gasteiger partial charge in [0.25, 0.3) is 5.91 Å². The fourth-order valence-electron chi connectivity index (χ4n) is 8.40. The number of carbonyl (C=O) groups is 1. The molecular formula is C38H45FN8O2S2. The van der Waals surface area contributed by atoms with Crippen LogP contribution in [0.5, 0.6) is 6.01 Å². The smallest absolute Gasteiger partial charge is 0.318 e. The monoisotopic (exact) mass is 728 g/mol. The predicted molar refractivity (Wildman–Crippen MR) is 202 cm³/mol. The Labute approximate surface area is 307 Å². The minimum Gasteiger partial charge on any atom is -0.462 e. The number of fused-ring (bicyclic) bond motifs is 2. The van der Waals surface area contributed by atoms with Crippen molar-refractivity contribution in [3.05, 3.63) is 59.8 Å². The van der Waals surface area contributed by atoms with Crippen LogP contribution in [0.3, 0.4) is 0 Å². The van der Waals surface area contributed by atoms with Gasteiger partial charge in [-0.25, -0.2) is 4.39 Å². The lowest BCUT2D eigenvalue weighted by atomic mass is 9.76. The van der Waals surface area contributed by atoms with Gasteiger partial charge in [-0.2, -0.15) is 15.2 Å². The van der Waals surface area contributed by atoms with E-state index >= 15 is 0 Å². The molecule has 10 nitrogen and oxygen atoms in total. The Bertz CT molecular complexity index is 1930. The zero-order valence-corrected chi connectivity index (χ0v) is 31.4. The molecule has 0 N–H and O–H groups in total. The van der Waals surface area contributed by atoms with Gasteiger partial charge in [-0.3, -0.25) is 14.7 Å². The van der Waals surface area contributed by atoms with Gasteiger partial charge >= 0.3 is 6.01 Å². The number of pyridine rings is 1. The topological polar surface area (TPSA) is 102 Å². The van der Waals surface area contributed by atoms with Crippen LogP contribution in [0.2, 0.25) is 0 Å². The molecular weight excluding hydrogens is 684 g/mol. The predicted octanol–water partition coefficient (Wildman–Crippen LogP) is 6.08. The second-order valence-corrected chi connectivity index (χ2v) is 18.2. The summed E-state index contributed by atoms with van der Waals surface area (Å²) in [4.78, 5) is 35.8. The fraction of sp³-hybridized carbons (Fsp3) is 0.553. The zero-order chi connectivity index (χ0) is 35.7. The number of halogens is 1. The third-order valence-corrected chi connectivity index (χ3v) is 15.5. The van der Waals surface area contributed by atoms with Crippen LogP contribution in [-0.2, 0) is 17.8 Å². The summed E-state index contributed by atoms with van der Waals surface area (Å²) in [5.41, 5.74) is 4.21. The molecule has 1 aliphatic carbocycles. The van der Waals surface area contributed by atoms with Crippen LogP contribution in [0.15, 0.2) is 43.0 Å². The molecule has 0 bridgehead atoms. The highest BCUT2D eigenvalue weighted by Gasteiger charge is 2.66. The molecule has 4 fully saturated rings. The summed E-state index contributed by atoms with van der Waals surface area (Å²) in [5.74, 6) is -0.171. The van der Waals surface area contributed by atoms with E-state index in [1.54, 1.807) is 0 Å². The van der Waals surface area contributed by atoms with Gasteiger partial charge in [0.05, 0.1) is 58.1 Å². The lowest BCUT2D eigenvalue weighted by Crippen LogP contribution is -2.55. The summed E-state index contributed by atoms with van der Waals surface area (Å²) in [6.45, 7) is 13.0. The van der Waals surface area contributed by atoms with Crippen LogP contribution >= 0.6 is 23.5 Å². The Morgan fingerprint density at radius 2 is 2.00 bits per heavy atom. The standard InChI is InChI=1S/C38H45FN8O2S2/c1-23-8-6-9-25-18-41-19-30(32(23)25)45-15-13-28-29(21-45)42-36(43-33(28)46-16-17-47(34(48)24(2)39)27(20-46)12-14-40)49-22-31-38(4,50-31)44(5)35-37(3,51-35)26-10-7-11-26/h6,8-9,18-19,26-27,31,35H,2,7,10-13,15-17,20-22H2,1,3-5H3/t27-,31?,35?,37-,38-/m0/s1. The number of amides is 1. The number of hydrogen-bond donors (Lipinski definition) is 0. The first kappa shape index (κ1) is 34.5. The summed E-state index contributed by atoms with van der Waals surface area (Å²) in [7, 11) is 2.26. The van der Waals surface area contributed by atoms with E-state index in [1.165, 1.54) is 35.1 Å². The second-order valence-electron chi connectivity index (χ2n) is 15.0. The van der Waals surface area contributed by atoms with Crippen molar-refractivity contribution in [1.29, 1.82) is 5.26 Å². The maximum absolute atomic E-state index is 14.0. The molecule has 6 heterocycles. The number of nitrogens with zero attached hydrogens (tertiary/aromatic N) is 8. The molecule has 1 amide bonds. The fourth-order valence-corrected chi connectivity index (χ4v) is 11.2. The van der Waals surface area contributed by atoms with Crippen molar-refractivity contribution in [2.24, 2.45) is 5.92 Å². The highest BCUT2D eigenvalue weighted by atomic mass is 32.2. The molecule has 8 rings (SSSR count). The summed E-state index contributed by atoms with van der Waals surface area (Å²) < 4.78 is 20.8. The van der Waals surface area contributed by atoms with E-state index in [9.17, 15) is 14.4 Å². The largest absolute Gasteiger partial charge is 0.462 e. The van der Waals surface area contributed by atoms with Gasteiger partial charge in [0.15, 0.2) is 5.83 Å². The molecule has 0 radical (unpaired) electrons. The van der Waals surface area contributed by atoms with Gasteiger partial charge in [-0.05, 0) is 58.6 Å². The number of piperazine rings is 1. The van der Waals surface area contributed by atoms with Crippen LogP contribution < -0.4 is 14.5 Å². The Morgan fingerprint density at radius 3 is 2.75 bits per heavy atom. The maximum Gasteiger partial charge on any atom is 0.318 e. The highest BCUT2D eigenvalue weighted by molar-refractivity contribution is 8.09. The van der Waals surface area contributed by atoms with Gasteiger partial charge in [0.2, 0.25) is 0 Å². The minimum absolute atomic E-state index is 0.0000445. The first-order valence-corrected chi connectivity index (χ1v) is 19.7. The minimum atomic E-state index is -1.01. The van der Waals surface area contributed by atoms with Crippen molar-refractivity contribution in [3.63, 3.8) is 0 Å². The normalized spacial score (nSPS) is 28.6. The number of rotatable bonds is 10. The van der Waals surface area contributed by atoms with Gasteiger partial charge in [-0.1, -0.05) is 31.2 Å². The highest BCUT2D eigenvalue weighted by Crippen LogP contribution is 2.68. The van der Waals surface area contributed by atoms with Crippen molar-refractivity contribution in [3.8, 4) is 12.1 Å². The van der Waals surface area contributed by atoms with Gasteiger partial charge in [0.1, 0.15) is 12.4 Å². The third-order valence-electron chi connectivity index (χ3n) is 12.0. The molecule has 2 aromatic heterocycles. The maximum atomic E-state index is 14.0. The van der Waals surface area contributed by atoms with E-state index in [0.29, 0.717) is 54.0 Å². The first-order chi connectivity index (χ1) is 24.5. The number of thioether (sulfide) groups is 2. The van der Waals surface area contributed by atoms with Gasteiger partial charge < -0.3 is 19.4 Å². The number of benzene rings is 1. The summed E-state index contributed by atoms with van der Waals surface area (Å²) in [5, 5.41) is 12.7. The Kier molecular flexibility index (Phi) is 8.87. The summed E-state index contributed by atoms with van der Waals surface area (Å²) in [6.07, 6.45) is 8.70. The summed E-state index contributed by atoms with van der Waals surface area (Å²) >= 11 is 4.06. The van der Waals surface area contributed by atoms with Gasteiger partial charge in [0, 0.05) is 53.5 Å². The molecule has 1 saturated carbocycles. The number of carbonyl (C=O) groups excluding carboxylic acids is 1. The molecule has 1 aromatic carbocycles. The molecule has 5 atom stereocenters. The van der Waals surface area contributed by atoms with Crippen LogP contribution in [0, 0.1) is 24.2 Å². The molecule has 5 aliphatic rings. The zero-order valence-electron chi connectivity index (χ0n) is 29.8. The second kappa shape index (κ2) is 13.1. The lowest BCUT2D eigenvalue weighted by molar-refractivity contribution is -0.131. The van der Waals surface area contributed by atoms with Crippen LogP contribution in [0.25, 0.3) is 10.8 Å². The molecule has 13 heteroatoms. The van der Waals surface area contributed by atoms with E-state index in [2.05, 4.69) is 90.1 Å². The molecule has 4 aliphatic heterocycles. The van der Waals surface area contributed by atoms with Gasteiger partial charge in [-0.15, -0.1) is 23.5 Å². The molecule has 2 unspecified atom stereocenters. The van der Waals surface area contributed by atoms with E-state index in [0.717, 1.165) is 40.6 Å². The number of anilines is 2. The number of hydrogen-bond acceptors (Lipinski definition) is 11. The number of aryl methyl sites for hydroxylation is 1. The van der Waals surface area contributed by atoms with E-state index < -0.39 is 17.8 Å². The Balaban J connectivity index is 1.06. The number of nitriles is 1. The van der Waals surface area contributed by atoms with Crippen molar-refractivity contribution in [2.45, 2.75) is 85.7 Å². The van der Waals surface area contributed by atoms with E-state index in [1.807, 2.05) is 24.2 Å². The number of aromatic nitrogens is 3. The molecule has 3 aromatic rings. The quantitative estimate of drug-likeness (QED) is 0.179. The summed E-state index contributed by atoms with van der Waals surface area (Å²) in [6, 6.07) is 8.32. The van der Waals surface area contributed by atoms with Crippen LogP contribution in [-0.4, -0.2) is 96.8 Å². The van der Waals surface area contributed by atoms with Crippen LogP contribution in [0.4, 0.5) is 15.9 Å². The SMILES string of the molecule is C=C(F)C(=O)N1CCN(c2nc(OCC3S[C@]3(C)N(C)C3S[C@@]3(C)C3CCC3)nc3c2CCN(c2cncc4cccc(C)c24)C3)C[C@@H]1CC#N. The van der Waals surface area contributed by atoms with Crippen molar-refractivity contribution in [2.75, 3.05) is 49.6 Å². The van der Waals surface area contributed by atoms with E-state index in [4.69, 9.17) is 14.7 Å². The lowest BCUT2D eigenvalue weighted by Gasteiger charge is -2.42. The van der Waals surface area contributed by atoms with Crippen LogP contribution in [0.1, 0.15) is 56.4 Å². The molecule has 268 valence electrons. The Morgan fingerprint density at radius 1 is 1.18 bits per heavy atom. The van der Waals surface area contributed by atoms with Crippen molar-refractivity contribution in [1.82, 2.24) is 24.8 Å². The van der Waals surface area contributed by atoms with E-state index in [-0.39, 0.29) is 17.8 Å². The number of ether oxygens (including phenoxy) is 1. The average Bonchev–Trinajstić information content (AvgIpc) is 3.98. The third kappa shape index (κ3) is 6.11. The van der Waals surface area contributed by atoms with Crippen molar-refractivity contribution < 1.29 is 13.9 Å². The molecule has 51 heavy (non-hydrogen) atoms.